The molecule has 41 valence electrons. The molecule has 0 aromatic heterocycles. The minimum atomic E-state index is 0.468. The smallest absolute Gasteiger partial charge is 0.0432 e. The zero-order valence-corrected chi connectivity index (χ0v) is 6.23. The molecular weight excluding hydrogens is 124 g/mol. The summed E-state index contributed by atoms with van der Waals surface area (Å²) in [6, 6.07) is 0. The topological polar surface area (TPSA) is 0 Å². The molecule has 0 N–H and O–H groups in total. The molecule has 0 aliphatic heterocycles. The second kappa shape index (κ2) is 4.60. The van der Waals surface area contributed by atoms with Crippen molar-refractivity contribution in [3.05, 3.63) is 0 Å². The summed E-state index contributed by atoms with van der Waals surface area (Å²) in [6.45, 7) is 2.11. The molecule has 0 heterocycles. The van der Waals surface area contributed by atoms with Crippen molar-refractivity contribution in [2.45, 2.75) is 18.6 Å². The molecule has 0 fully saturated rings. The number of hydrogen-bond acceptors (Lipinski definition) is 2. The monoisotopic (exact) mass is 133 g/mol. The summed E-state index contributed by atoms with van der Waals surface area (Å²) in [4.78, 5) is 0. The highest BCUT2D eigenvalue weighted by molar-refractivity contribution is 8.00. The summed E-state index contributed by atoms with van der Waals surface area (Å²) in [5.41, 5.74) is 0. The normalized spacial score (nSPS) is 13.4. The molecule has 0 aromatic rings. The van der Waals surface area contributed by atoms with Gasteiger partial charge in [0.1, 0.15) is 0 Å². The zero-order chi connectivity index (χ0) is 5.70. The van der Waals surface area contributed by atoms with Gasteiger partial charge in [-0.15, -0.1) is 0 Å². The molecule has 0 spiro atoms. The van der Waals surface area contributed by atoms with E-state index >= 15 is 0 Å². The Labute approximate surface area is 54.7 Å². The van der Waals surface area contributed by atoms with E-state index in [0.29, 0.717) is 5.25 Å². The van der Waals surface area contributed by atoms with Crippen LogP contribution in [0.4, 0.5) is 0 Å². The van der Waals surface area contributed by atoms with Gasteiger partial charge < -0.3 is 0 Å². The Kier molecular flexibility index (Phi) is 4.88. The van der Waals surface area contributed by atoms with E-state index in [0.717, 1.165) is 6.42 Å². The van der Waals surface area contributed by atoms with Crippen LogP contribution in [0, 0.1) is 0 Å². The van der Waals surface area contributed by atoms with Crippen LogP contribution in [0.2, 0.25) is 0 Å². The SMILES string of the molecule is CCC([C]=S)SC. The van der Waals surface area contributed by atoms with Crippen molar-refractivity contribution in [1.29, 1.82) is 0 Å². The molecule has 0 aliphatic carbocycles. The van der Waals surface area contributed by atoms with E-state index in [1.54, 1.807) is 11.8 Å². The average Bonchev–Trinajstić information content (AvgIpc) is 1.72. The summed E-state index contributed by atoms with van der Waals surface area (Å²) in [7, 11) is 0. The van der Waals surface area contributed by atoms with Gasteiger partial charge in [0, 0.05) is 10.6 Å². The summed E-state index contributed by atoms with van der Waals surface area (Å²) < 4.78 is 0. The van der Waals surface area contributed by atoms with E-state index in [-0.39, 0.29) is 0 Å². The third-order valence-corrected chi connectivity index (χ3v) is 2.24. The Morgan fingerprint density at radius 2 is 2.43 bits per heavy atom. The van der Waals surface area contributed by atoms with Crippen LogP contribution in [0.1, 0.15) is 13.3 Å². The number of thioether (sulfide) groups is 1. The third-order valence-electron chi connectivity index (χ3n) is 0.787. The minimum absolute atomic E-state index is 0.468. The maximum absolute atomic E-state index is 4.60. The van der Waals surface area contributed by atoms with Crippen LogP contribution >= 0.6 is 24.0 Å². The van der Waals surface area contributed by atoms with Gasteiger partial charge in [0.2, 0.25) is 0 Å². The second-order valence-corrected chi connectivity index (χ2v) is 2.53. The van der Waals surface area contributed by atoms with E-state index < -0.39 is 0 Å². The lowest BCUT2D eigenvalue weighted by molar-refractivity contribution is 1.04. The molecule has 7 heavy (non-hydrogen) atoms. The van der Waals surface area contributed by atoms with Crippen molar-refractivity contribution in [2.24, 2.45) is 0 Å². The summed E-state index contributed by atoms with van der Waals surface area (Å²) >= 11 is 6.36. The molecule has 0 bridgehead atoms. The van der Waals surface area contributed by atoms with E-state index in [1.807, 2.05) is 6.26 Å². The van der Waals surface area contributed by atoms with Gasteiger partial charge in [-0.25, -0.2) is 0 Å². The Morgan fingerprint density at radius 3 is 2.43 bits per heavy atom. The van der Waals surface area contributed by atoms with Crippen LogP contribution < -0.4 is 0 Å². The van der Waals surface area contributed by atoms with Crippen molar-refractivity contribution < 1.29 is 0 Å². The molecule has 1 radical (unpaired) electrons. The fraction of sp³-hybridized carbons (Fsp3) is 0.800. The maximum atomic E-state index is 4.60. The molecule has 0 saturated carbocycles. The third kappa shape index (κ3) is 3.06. The lowest BCUT2D eigenvalue weighted by Crippen LogP contribution is -1.97. The van der Waals surface area contributed by atoms with Gasteiger partial charge in [-0.1, -0.05) is 19.1 Å². The average molecular weight is 133 g/mol. The van der Waals surface area contributed by atoms with Gasteiger partial charge in [-0.3, -0.25) is 0 Å². The molecule has 2 heteroatoms. The minimum Gasteiger partial charge on any atom is -0.156 e. The van der Waals surface area contributed by atoms with Crippen LogP contribution in [-0.2, 0) is 0 Å². The Hall–Kier alpha value is 0.440. The predicted octanol–water partition coefficient (Wildman–Crippen LogP) is 2.00. The molecule has 0 nitrogen and oxygen atoms in total. The van der Waals surface area contributed by atoms with Gasteiger partial charge in [0.25, 0.3) is 0 Å². The molecule has 0 saturated heterocycles. The van der Waals surface area contributed by atoms with Gasteiger partial charge in [-0.2, -0.15) is 11.8 Å². The van der Waals surface area contributed by atoms with Gasteiger partial charge in [0.05, 0.1) is 0 Å². The highest BCUT2D eigenvalue weighted by Crippen LogP contribution is 2.06. The fourth-order valence-electron chi connectivity index (χ4n) is 0.298. The number of hydrogen-bond donors (Lipinski definition) is 0. The first-order chi connectivity index (χ1) is 3.35. The predicted molar refractivity (Wildman–Crippen MR) is 40.2 cm³/mol. The van der Waals surface area contributed by atoms with E-state index in [4.69, 9.17) is 0 Å². The highest BCUT2D eigenvalue weighted by atomic mass is 32.2. The first kappa shape index (κ1) is 7.44. The molecule has 0 aliphatic rings. The van der Waals surface area contributed by atoms with Gasteiger partial charge in [-0.05, 0) is 12.7 Å². The van der Waals surface area contributed by atoms with Gasteiger partial charge >= 0.3 is 0 Å². The molecular formula is C5H9S2. The Balaban J connectivity index is 3.16. The van der Waals surface area contributed by atoms with Crippen LogP contribution in [0.15, 0.2) is 0 Å². The standard InChI is InChI=1S/C5H9S2/c1-3-5(4-6)7-2/h5H,3H2,1-2H3. The van der Waals surface area contributed by atoms with Crippen molar-refractivity contribution >= 4 is 29.3 Å². The van der Waals surface area contributed by atoms with Gasteiger partial charge in [0.15, 0.2) is 0 Å². The molecule has 0 aromatic carbocycles. The molecule has 0 rings (SSSR count). The molecule has 0 amide bonds. The number of thiocarbonyl (C=S) groups is 1. The van der Waals surface area contributed by atoms with E-state index in [1.165, 1.54) is 0 Å². The summed E-state index contributed by atoms with van der Waals surface area (Å²) in [6.07, 6.45) is 3.15. The maximum Gasteiger partial charge on any atom is 0.0432 e. The first-order valence-corrected chi connectivity index (χ1v) is 3.95. The Bertz CT molecular complexity index is 48.0. The van der Waals surface area contributed by atoms with Crippen LogP contribution in [0.3, 0.4) is 0 Å². The highest BCUT2D eigenvalue weighted by Gasteiger charge is 1.95. The second-order valence-electron chi connectivity index (χ2n) is 1.25. The van der Waals surface area contributed by atoms with E-state index in [9.17, 15) is 0 Å². The van der Waals surface area contributed by atoms with Crippen molar-refractivity contribution in [3.63, 3.8) is 0 Å². The largest absolute Gasteiger partial charge is 0.156 e. The zero-order valence-electron chi connectivity index (χ0n) is 4.60. The van der Waals surface area contributed by atoms with Crippen LogP contribution in [-0.4, -0.2) is 16.9 Å². The molecule has 1 unspecified atom stereocenters. The fourth-order valence-corrected chi connectivity index (χ4v) is 1.18. The number of rotatable bonds is 3. The summed E-state index contributed by atoms with van der Waals surface area (Å²) in [5.74, 6) is 0. The van der Waals surface area contributed by atoms with Crippen LogP contribution in [0.5, 0.6) is 0 Å². The van der Waals surface area contributed by atoms with Crippen molar-refractivity contribution in [2.75, 3.05) is 6.26 Å². The van der Waals surface area contributed by atoms with Crippen LogP contribution in [0.25, 0.3) is 0 Å². The quantitative estimate of drug-likeness (QED) is 0.540. The van der Waals surface area contributed by atoms with Crippen molar-refractivity contribution in [1.82, 2.24) is 0 Å². The van der Waals surface area contributed by atoms with Crippen molar-refractivity contribution in [3.8, 4) is 0 Å². The lowest BCUT2D eigenvalue weighted by Gasteiger charge is -1.98. The Morgan fingerprint density at radius 1 is 1.86 bits per heavy atom. The lowest BCUT2D eigenvalue weighted by atomic mass is 10.4. The van der Waals surface area contributed by atoms with E-state index in [2.05, 4.69) is 24.5 Å². The summed E-state index contributed by atoms with van der Waals surface area (Å²) in [5, 5.41) is 3.22. The first-order valence-electron chi connectivity index (χ1n) is 2.25. The molecule has 1 atom stereocenters.